The Labute approximate surface area is 102 Å². The highest BCUT2D eigenvalue weighted by atomic mass is 16.7. The Hall–Kier alpha value is -1.97. The van der Waals surface area contributed by atoms with Crippen LogP contribution >= 0.6 is 0 Å². The van der Waals surface area contributed by atoms with Crippen LogP contribution in [-0.2, 0) is 16.2 Å². The Balaban J connectivity index is 2.24. The van der Waals surface area contributed by atoms with Crippen molar-refractivity contribution in [2.75, 3.05) is 25.2 Å². The lowest BCUT2D eigenvalue weighted by Crippen LogP contribution is -2.21. The lowest BCUT2D eigenvalue weighted by Gasteiger charge is -2.13. The van der Waals surface area contributed by atoms with Gasteiger partial charge in [0.25, 0.3) is 0 Å². The first-order valence-electron chi connectivity index (χ1n) is 5.14. The molecule has 0 fully saturated rings. The summed E-state index contributed by atoms with van der Waals surface area (Å²) >= 11 is 0. The van der Waals surface area contributed by atoms with Gasteiger partial charge in [0, 0.05) is 7.11 Å². The van der Waals surface area contributed by atoms with Gasteiger partial charge in [-0.05, 0) is 0 Å². The molecule has 0 bridgehead atoms. The van der Waals surface area contributed by atoms with Crippen molar-refractivity contribution in [2.45, 2.75) is 13.0 Å². The number of hydrogen-bond acceptors (Lipinski definition) is 8. The largest absolute Gasteiger partial charge is 0.391 e. The molecule has 0 radical (unpaired) electrons. The van der Waals surface area contributed by atoms with Gasteiger partial charge in [-0.25, -0.2) is 4.98 Å². The van der Waals surface area contributed by atoms with E-state index < -0.39 is 6.29 Å². The Kier molecular flexibility index (Phi) is 3.55. The van der Waals surface area contributed by atoms with Crippen molar-refractivity contribution in [2.24, 2.45) is 0 Å². The molecule has 2 aromatic rings. The van der Waals surface area contributed by atoms with Gasteiger partial charge >= 0.3 is 0 Å². The summed E-state index contributed by atoms with van der Waals surface area (Å²) < 4.78 is 11.7. The highest BCUT2D eigenvalue weighted by molar-refractivity contribution is 5.82. The minimum absolute atomic E-state index is 0.0622. The third-order valence-corrected chi connectivity index (χ3v) is 2.32. The molecule has 0 spiro atoms. The zero-order valence-corrected chi connectivity index (χ0v) is 9.78. The number of aromatic nitrogens is 4. The van der Waals surface area contributed by atoms with E-state index in [9.17, 15) is 0 Å². The standard InChI is InChI=1S/C9H14N6O3/c1-17-5(2-16)18-4-15-3-12-6-7(10)13-9(11)14-8(6)15/h3,5,16H,2,4H2,1H3,(H4,10,11,13,14)/t5-/m0/s1. The number of nitrogens with zero attached hydrogens (tertiary/aromatic N) is 4. The molecule has 5 N–H and O–H groups in total. The van der Waals surface area contributed by atoms with E-state index in [1.54, 1.807) is 4.57 Å². The molecule has 2 heterocycles. The first-order chi connectivity index (χ1) is 8.65. The summed E-state index contributed by atoms with van der Waals surface area (Å²) in [6, 6.07) is 0. The van der Waals surface area contributed by atoms with E-state index >= 15 is 0 Å². The summed E-state index contributed by atoms with van der Waals surface area (Å²) in [4.78, 5) is 11.9. The molecule has 0 amide bonds. The molecule has 0 saturated carbocycles. The molecule has 18 heavy (non-hydrogen) atoms. The molecule has 98 valence electrons. The summed E-state index contributed by atoms with van der Waals surface area (Å²) in [5, 5.41) is 8.92. The Morgan fingerprint density at radius 1 is 1.44 bits per heavy atom. The molecule has 0 aliphatic heterocycles. The van der Waals surface area contributed by atoms with Crippen LogP contribution < -0.4 is 11.5 Å². The Bertz CT molecular complexity index is 538. The summed E-state index contributed by atoms with van der Waals surface area (Å²) in [7, 11) is 1.44. The summed E-state index contributed by atoms with van der Waals surface area (Å²) in [5.41, 5.74) is 12.1. The van der Waals surface area contributed by atoms with Gasteiger partial charge in [-0.1, -0.05) is 0 Å². The number of hydrogen-bond donors (Lipinski definition) is 3. The van der Waals surface area contributed by atoms with E-state index in [0.29, 0.717) is 11.2 Å². The van der Waals surface area contributed by atoms with Crippen molar-refractivity contribution < 1.29 is 14.6 Å². The van der Waals surface area contributed by atoms with E-state index in [1.807, 2.05) is 0 Å². The zero-order valence-electron chi connectivity index (χ0n) is 9.78. The molecule has 2 aromatic heterocycles. The van der Waals surface area contributed by atoms with E-state index in [4.69, 9.17) is 26.0 Å². The van der Waals surface area contributed by atoms with Crippen LogP contribution in [0, 0.1) is 0 Å². The third kappa shape index (κ3) is 2.32. The van der Waals surface area contributed by atoms with Crippen LogP contribution in [0.2, 0.25) is 0 Å². The number of nitrogens with two attached hydrogens (primary N) is 2. The SMILES string of the molecule is CO[C@H](CO)OCn1cnc2c(N)nc(N)nc21. The smallest absolute Gasteiger partial charge is 0.224 e. The van der Waals surface area contributed by atoms with E-state index in [1.165, 1.54) is 13.4 Å². The molecule has 0 saturated heterocycles. The number of rotatable bonds is 5. The lowest BCUT2D eigenvalue weighted by molar-refractivity contribution is -0.165. The average molecular weight is 254 g/mol. The highest BCUT2D eigenvalue weighted by Gasteiger charge is 2.11. The number of imidazole rings is 1. The minimum atomic E-state index is -0.709. The number of methoxy groups -OCH3 is 1. The Morgan fingerprint density at radius 2 is 2.22 bits per heavy atom. The van der Waals surface area contributed by atoms with Crippen LogP contribution in [-0.4, -0.2) is 44.6 Å². The number of ether oxygens (including phenoxy) is 2. The van der Waals surface area contributed by atoms with Crippen LogP contribution in [0.4, 0.5) is 11.8 Å². The predicted molar refractivity (Wildman–Crippen MR) is 63.1 cm³/mol. The normalized spacial score (nSPS) is 13.0. The quantitative estimate of drug-likeness (QED) is 0.574. The van der Waals surface area contributed by atoms with Crippen LogP contribution in [0.1, 0.15) is 0 Å². The van der Waals surface area contributed by atoms with Gasteiger partial charge in [0.15, 0.2) is 17.8 Å². The molecule has 0 aromatic carbocycles. The van der Waals surface area contributed by atoms with Crippen LogP contribution in [0.3, 0.4) is 0 Å². The number of fused-ring (bicyclic) bond motifs is 1. The van der Waals surface area contributed by atoms with Gasteiger partial charge in [0.2, 0.25) is 5.95 Å². The summed E-state index contributed by atoms with van der Waals surface area (Å²) in [5.74, 6) is 0.272. The van der Waals surface area contributed by atoms with Crippen molar-refractivity contribution in [3.8, 4) is 0 Å². The average Bonchev–Trinajstić information content (AvgIpc) is 2.74. The van der Waals surface area contributed by atoms with Crippen molar-refractivity contribution in [3.05, 3.63) is 6.33 Å². The summed E-state index contributed by atoms with van der Waals surface area (Å²) in [6.45, 7) is -0.145. The van der Waals surface area contributed by atoms with Gasteiger partial charge in [-0.3, -0.25) is 4.57 Å². The van der Waals surface area contributed by atoms with Gasteiger partial charge in [-0.2, -0.15) is 9.97 Å². The summed E-state index contributed by atoms with van der Waals surface area (Å²) in [6.07, 6.45) is 0.790. The number of nitrogen functional groups attached to an aromatic ring is 2. The minimum Gasteiger partial charge on any atom is -0.391 e. The second kappa shape index (κ2) is 5.12. The molecular formula is C9H14N6O3. The fourth-order valence-electron chi connectivity index (χ4n) is 1.44. The monoisotopic (exact) mass is 254 g/mol. The lowest BCUT2D eigenvalue weighted by atomic mass is 10.5. The first kappa shape index (κ1) is 12.5. The Morgan fingerprint density at radius 3 is 2.89 bits per heavy atom. The van der Waals surface area contributed by atoms with E-state index in [0.717, 1.165) is 0 Å². The first-order valence-corrected chi connectivity index (χ1v) is 5.14. The van der Waals surface area contributed by atoms with Crippen molar-refractivity contribution in [1.29, 1.82) is 0 Å². The van der Waals surface area contributed by atoms with Gasteiger partial charge in [0.05, 0.1) is 12.9 Å². The van der Waals surface area contributed by atoms with Gasteiger partial charge in [0.1, 0.15) is 12.2 Å². The second-order valence-electron chi connectivity index (χ2n) is 3.50. The van der Waals surface area contributed by atoms with E-state index in [-0.39, 0.29) is 25.1 Å². The topological polar surface area (TPSA) is 134 Å². The van der Waals surface area contributed by atoms with Gasteiger partial charge in [-0.15, -0.1) is 0 Å². The molecule has 0 aliphatic rings. The molecule has 9 heteroatoms. The fourth-order valence-corrected chi connectivity index (χ4v) is 1.44. The maximum Gasteiger partial charge on any atom is 0.224 e. The molecule has 0 aliphatic carbocycles. The molecule has 9 nitrogen and oxygen atoms in total. The van der Waals surface area contributed by atoms with Crippen molar-refractivity contribution in [1.82, 2.24) is 19.5 Å². The molecular weight excluding hydrogens is 240 g/mol. The van der Waals surface area contributed by atoms with Crippen molar-refractivity contribution in [3.63, 3.8) is 0 Å². The highest BCUT2D eigenvalue weighted by Crippen LogP contribution is 2.16. The van der Waals surface area contributed by atoms with Crippen LogP contribution in [0.5, 0.6) is 0 Å². The third-order valence-electron chi connectivity index (χ3n) is 2.32. The predicted octanol–water partition coefficient (Wildman–Crippen LogP) is -1.07. The fraction of sp³-hybridized carbons (Fsp3) is 0.444. The molecule has 0 unspecified atom stereocenters. The number of anilines is 2. The number of aliphatic hydroxyl groups excluding tert-OH is 1. The van der Waals surface area contributed by atoms with Crippen molar-refractivity contribution >= 4 is 22.9 Å². The zero-order chi connectivity index (χ0) is 13.1. The van der Waals surface area contributed by atoms with E-state index in [2.05, 4.69) is 15.0 Å². The van der Waals surface area contributed by atoms with Crippen LogP contribution in [0.15, 0.2) is 6.33 Å². The molecule has 1 atom stereocenters. The second-order valence-corrected chi connectivity index (χ2v) is 3.50. The maximum atomic E-state index is 8.92. The van der Waals surface area contributed by atoms with Crippen LogP contribution in [0.25, 0.3) is 11.2 Å². The molecule has 2 rings (SSSR count). The van der Waals surface area contributed by atoms with Gasteiger partial charge < -0.3 is 26.0 Å². The number of aliphatic hydroxyl groups is 1. The maximum absolute atomic E-state index is 8.92.